The number of fused-ring (bicyclic) bond motifs is 3. The number of ether oxygens (including phenoxy) is 2. The molecule has 4 heteroatoms. The predicted octanol–water partition coefficient (Wildman–Crippen LogP) is 3.05. The Bertz CT molecular complexity index is 850. The van der Waals surface area contributed by atoms with E-state index in [9.17, 15) is 0 Å². The second-order valence-electron chi connectivity index (χ2n) is 7.44. The molecule has 2 aromatic carbocycles. The first kappa shape index (κ1) is 15.1. The standard InChI is InChI=1S/C21H24N2O2/c1-23-16-7-5-4-6-15(16)21-8-9-22-19(21)11-13-10-17(24-2)18(25-3)12-14(13)20(21)23/h4-7,10,12,19-20,22H,8-9,11H2,1-3H3/t19-,20-,21+/m0/s1. The first-order valence-electron chi connectivity index (χ1n) is 9.01. The van der Waals surface area contributed by atoms with Crippen molar-refractivity contribution in [2.24, 2.45) is 0 Å². The molecule has 2 heterocycles. The maximum atomic E-state index is 5.61. The second-order valence-corrected chi connectivity index (χ2v) is 7.44. The smallest absolute Gasteiger partial charge is 0.161 e. The zero-order chi connectivity index (χ0) is 17.2. The average molecular weight is 336 g/mol. The summed E-state index contributed by atoms with van der Waals surface area (Å²) >= 11 is 0. The molecule has 0 bridgehead atoms. The van der Waals surface area contributed by atoms with Gasteiger partial charge in [-0.3, -0.25) is 0 Å². The molecule has 1 aliphatic carbocycles. The Kier molecular flexibility index (Phi) is 3.11. The van der Waals surface area contributed by atoms with Crippen molar-refractivity contribution in [1.82, 2.24) is 5.32 Å². The van der Waals surface area contributed by atoms with Crippen LogP contribution in [0.3, 0.4) is 0 Å². The van der Waals surface area contributed by atoms with Gasteiger partial charge in [-0.2, -0.15) is 0 Å². The van der Waals surface area contributed by atoms with Crippen LogP contribution in [0, 0.1) is 0 Å². The Morgan fingerprint density at radius 2 is 1.88 bits per heavy atom. The van der Waals surface area contributed by atoms with Crippen molar-refractivity contribution in [3.05, 3.63) is 53.1 Å². The van der Waals surface area contributed by atoms with Crippen molar-refractivity contribution in [1.29, 1.82) is 0 Å². The van der Waals surface area contributed by atoms with E-state index in [1.807, 2.05) is 0 Å². The fourth-order valence-corrected chi connectivity index (χ4v) is 5.59. The van der Waals surface area contributed by atoms with Gasteiger partial charge in [0.2, 0.25) is 0 Å². The van der Waals surface area contributed by atoms with Gasteiger partial charge in [0.05, 0.1) is 20.3 Å². The van der Waals surface area contributed by atoms with E-state index in [4.69, 9.17) is 9.47 Å². The summed E-state index contributed by atoms with van der Waals surface area (Å²) in [5.74, 6) is 1.65. The van der Waals surface area contributed by atoms with Gasteiger partial charge in [0, 0.05) is 24.2 Å². The molecular weight excluding hydrogens is 312 g/mol. The van der Waals surface area contributed by atoms with E-state index in [0.717, 1.165) is 24.5 Å². The summed E-state index contributed by atoms with van der Waals surface area (Å²) < 4.78 is 11.2. The Balaban J connectivity index is 1.77. The predicted molar refractivity (Wildman–Crippen MR) is 98.9 cm³/mol. The summed E-state index contributed by atoms with van der Waals surface area (Å²) in [5, 5.41) is 3.79. The Labute approximate surface area is 148 Å². The van der Waals surface area contributed by atoms with Crippen LogP contribution >= 0.6 is 0 Å². The second kappa shape index (κ2) is 5.15. The van der Waals surface area contributed by atoms with Gasteiger partial charge in [-0.15, -0.1) is 0 Å². The zero-order valence-corrected chi connectivity index (χ0v) is 15.0. The maximum Gasteiger partial charge on any atom is 0.161 e. The number of anilines is 1. The monoisotopic (exact) mass is 336 g/mol. The molecule has 0 aromatic heterocycles. The summed E-state index contributed by atoms with van der Waals surface area (Å²) in [6.07, 6.45) is 2.21. The Morgan fingerprint density at radius 1 is 1.12 bits per heavy atom. The molecule has 1 saturated heterocycles. The molecule has 0 unspecified atom stereocenters. The number of hydrogen-bond acceptors (Lipinski definition) is 4. The molecular formula is C21H24N2O2. The van der Waals surface area contributed by atoms with Gasteiger partial charge in [0.1, 0.15) is 0 Å². The number of nitrogens with zero attached hydrogens (tertiary/aromatic N) is 1. The van der Waals surface area contributed by atoms with Gasteiger partial charge in [0.25, 0.3) is 0 Å². The highest BCUT2D eigenvalue weighted by atomic mass is 16.5. The number of likely N-dealkylation sites (N-methyl/N-ethyl adjacent to an activating group) is 1. The van der Waals surface area contributed by atoms with E-state index in [0.29, 0.717) is 12.1 Å². The quantitative estimate of drug-likeness (QED) is 0.914. The number of hydrogen-bond donors (Lipinski definition) is 1. The first-order chi connectivity index (χ1) is 12.2. The van der Waals surface area contributed by atoms with Crippen molar-refractivity contribution in [2.45, 2.75) is 30.3 Å². The lowest BCUT2D eigenvalue weighted by atomic mass is 9.63. The third-order valence-electron chi connectivity index (χ3n) is 6.58. The minimum Gasteiger partial charge on any atom is -0.493 e. The van der Waals surface area contributed by atoms with Crippen LogP contribution in [-0.2, 0) is 11.8 Å². The molecule has 4 nitrogen and oxygen atoms in total. The molecule has 2 aliphatic heterocycles. The van der Waals surface area contributed by atoms with Crippen LogP contribution in [0.5, 0.6) is 11.5 Å². The average Bonchev–Trinajstić information content (AvgIpc) is 3.18. The maximum absolute atomic E-state index is 5.61. The van der Waals surface area contributed by atoms with E-state index in [2.05, 4.69) is 53.7 Å². The topological polar surface area (TPSA) is 33.7 Å². The Morgan fingerprint density at radius 3 is 2.68 bits per heavy atom. The molecule has 1 fully saturated rings. The third kappa shape index (κ3) is 1.75. The minimum absolute atomic E-state index is 0.151. The summed E-state index contributed by atoms with van der Waals surface area (Å²) in [6, 6.07) is 14.1. The summed E-state index contributed by atoms with van der Waals surface area (Å²) in [7, 11) is 5.66. The molecule has 0 saturated carbocycles. The molecule has 1 spiro atoms. The molecule has 0 amide bonds. The molecule has 130 valence electrons. The van der Waals surface area contributed by atoms with Crippen molar-refractivity contribution in [3.63, 3.8) is 0 Å². The fourth-order valence-electron chi connectivity index (χ4n) is 5.59. The number of methoxy groups -OCH3 is 2. The molecule has 5 rings (SSSR count). The van der Waals surface area contributed by atoms with Crippen LogP contribution in [0.4, 0.5) is 5.69 Å². The minimum atomic E-state index is 0.151. The Hall–Kier alpha value is -2.20. The molecule has 25 heavy (non-hydrogen) atoms. The highest BCUT2D eigenvalue weighted by molar-refractivity contribution is 5.69. The van der Waals surface area contributed by atoms with Crippen molar-refractivity contribution >= 4 is 5.69 Å². The van der Waals surface area contributed by atoms with Gasteiger partial charge in [-0.1, -0.05) is 18.2 Å². The van der Waals surface area contributed by atoms with Crippen LogP contribution in [0.1, 0.15) is 29.2 Å². The number of nitrogens with one attached hydrogen (secondary N) is 1. The highest BCUT2D eigenvalue weighted by Crippen LogP contribution is 2.61. The number of para-hydroxylation sites is 1. The van der Waals surface area contributed by atoms with E-state index < -0.39 is 0 Å². The van der Waals surface area contributed by atoms with E-state index in [-0.39, 0.29) is 5.41 Å². The van der Waals surface area contributed by atoms with E-state index in [1.54, 1.807) is 14.2 Å². The molecule has 3 aliphatic rings. The van der Waals surface area contributed by atoms with Crippen LogP contribution in [-0.4, -0.2) is 33.9 Å². The van der Waals surface area contributed by atoms with Crippen molar-refractivity contribution in [3.8, 4) is 11.5 Å². The normalized spacial score (nSPS) is 28.8. The fraction of sp³-hybridized carbons (Fsp3) is 0.429. The van der Waals surface area contributed by atoms with Gasteiger partial charge in [-0.25, -0.2) is 0 Å². The van der Waals surface area contributed by atoms with Gasteiger partial charge in [-0.05, 0) is 54.3 Å². The van der Waals surface area contributed by atoms with Gasteiger partial charge in [0.15, 0.2) is 11.5 Å². The molecule has 2 aromatic rings. The van der Waals surface area contributed by atoms with Crippen LogP contribution in [0.25, 0.3) is 0 Å². The van der Waals surface area contributed by atoms with Crippen molar-refractivity contribution < 1.29 is 9.47 Å². The molecule has 3 atom stereocenters. The van der Waals surface area contributed by atoms with Gasteiger partial charge >= 0.3 is 0 Å². The van der Waals surface area contributed by atoms with Crippen LogP contribution in [0.2, 0.25) is 0 Å². The van der Waals surface area contributed by atoms with Crippen LogP contribution < -0.4 is 19.7 Å². The van der Waals surface area contributed by atoms with Crippen LogP contribution in [0.15, 0.2) is 36.4 Å². The van der Waals surface area contributed by atoms with Crippen molar-refractivity contribution in [2.75, 3.05) is 32.7 Å². The SMILES string of the molecule is COc1cc2c(cc1OC)[C@@H]1N(C)c3ccccc3[C@@]13CCN[C@H]3C2. The lowest BCUT2D eigenvalue weighted by molar-refractivity contribution is 0.293. The first-order valence-corrected chi connectivity index (χ1v) is 9.01. The largest absolute Gasteiger partial charge is 0.493 e. The summed E-state index contributed by atoms with van der Waals surface area (Å²) in [5.41, 5.74) is 5.77. The third-order valence-corrected chi connectivity index (χ3v) is 6.58. The number of benzene rings is 2. The van der Waals surface area contributed by atoms with E-state index in [1.165, 1.54) is 28.8 Å². The summed E-state index contributed by atoms with van der Waals surface area (Å²) in [4.78, 5) is 2.47. The zero-order valence-electron chi connectivity index (χ0n) is 15.0. The molecule has 0 radical (unpaired) electrons. The van der Waals surface area contributed by atoms with Gasteiger partial charge < -0.3 is 19.7 Å². The van der Waals surface area contributed by atoms with E-state index >= 15 is 0 Å². The highest BCUT2D eigenvalue weighted by Gasteiger charge is 2.59. The molecule has 1 N–H and O–H groups in total. The number of rotatable bonds is 2. The lowest BCUT2D eigenvalue weighted by Crippen LogP contribution is -2.50. The summed E-state index contributed by atoms with van der Waals surface area (Å²) in [6.45, 7) is 1.07. The lowest BCUT2D eigenvalue weighted by Gasteiger charge is -2.45.